The van der Waals surface area contributed by atoms with E-state index in [4.69, 9.17) is 21.1 Å². The smallest absolute Gasteiger partial charge is 0.314 e. The van der Waals surface area contributed by atoms with Crippen LogP contribution in [0, 0.1) is 10.1 Å². The van der Waals surface area contributed by atoms with Gasteiger partial charge >= 0.3 is 5.69 Å². The number of benzene rings is 1. The predicted octanol–water partition coefficient (Wildman–Crippen LogP) is 3.44. The Kier molecular flexibility index (Phi) is 5.03. The van der Waals surface area contributed by atoms with Gasteiger partial charge in [0.05, 0.1) is 29.2 Å². The minimum atomic E-state index is -0.514. The summed E-state index contributed by atoms with van der Waals surface area (Å²) >= 11 is 5.95. The van der Waals surface area contributed by atoms with Crippen molar-refractivity contribution in [2.45, 2.75) is 20.3 Å². The zero-order valence-electron chi connectivity index (χ0n) is 9.73. The molecule has 0 unspecified atom stereocenters. The maximum absolute atomic E-state index is 10.9. The van der Waals surface area contributed by atoms with E-state index in [9.17, 15) is 10.1 Å². The highest BCUT2D eigenvalue weighted by molar-refractivity contribution is 6.32. The monoisotopic (exact) mass is 259 g/mol. The standard InChI is InChI=1S/C11H14ClNO4/c1-3-5-17-10-7-9(13(14)15)11(16-4-2)6-8(10)12/h6-7H,3-5H2,1-2H3. The zero-order valence-corrected chi connectivity index (χ0v) is 10.5. The molecule has 17 heavy (non-hydrogen) atoms. The fraction of sp³-hybridized carbons (Fsp3) is 0.455. The summed E-state index contributed by atoms with van der Waals surface area (Å²) in [5, 5.41) is 11.2. The topological polar surface area (TPSA) is 61.6 Å². The third-order valence-electron chi connectivity index (χ3n) is 1.97. The largest absolute Gasteiger partial charge is 0.492 e. The van der Waals surface area contributed by atoms with Crippen LogP contribution in [0.5, 0.6) is 11.5 Å². The number of nitro benzene ring substituents is 1. The second-order valence-corrected chi connectivity index (χ2v) is 3.70. The molecular weight excluding hydrogens is 246 g/mol. The molecule has 0 radical (unpaired) electrons. The summed E-state index contributed by atoms with van der Waals surface area (Å²) in [5.41, 5.74) is -0.137. The molecule has 0 aliphatic heterocycles. The van der Waals surface area contributed by atoms with Crippen molar-refractivity contribution < 1.29 is 14.4 Å². The molecule has 0 aromatic heterocycles. The van der Waals surface area contributed by atoms with E-state index >= 15 is 0 Å². The summed E-state index contributed by atoms with van der Waals surface area (Å²) in [6.45, 7) is 4.49. The van der Waals surface area contributed by atoms with Crippen molar-refractivity contribution in [3.05, 3.63) is 27.3 Å². The second-order valence-electron chi connectivity index (χ2n) is 3.29. The Hall–Kier alpha value is -1.49. The van der Waals surface area contributed by atoms with Crippen molar-refractivity contribution in [3.63, 3.8) is 0 Å². The van der Waals surface area contributed by atoms with Crippen molar-refractivity contribution in [3.8, 4) is 11.5 Å². The number of nitro groups is 1. The minimum absolute atomic E-state index is 0.137. The highest BCUT2D eigenvalue weighted by Crippen LogP contribution is 2.37. The lowest BCUT2D eigenvalue weighted by molar-refractivity contribution is -0.385. The van der Waals surface area contributed by atoms with Crippen LogP contribution < -0.4 is 9.47 Å². The second kappa shape index (κ2) is 6.30. The van der Waals surface area contributed by atoms with E-state index in [2.05, 4.69) is 0 Å². The van der Waals surface area contributed by atoms with Gasteiger partial charge in [0.2, 0.25) is 0 Å². The van der Waals surface area contributed by atoms with Gasteiger partial charge in [-0.3, -0.25) is 10.1 Å². The van der Waals surface area contributed by atoms with E-state index in [0.717, 1.165) is 6.42 Å². The molecule has 1 aromatic carbocycles. The molecule has 0 bridgehead atoms. The summed E-state index contributed by atoms with van der Waals surface area (Å²) in [6.07, 6.45) is 0.803. The molecule has 0 amide bonds. The van der Waals surface area contributed by atoms with Gasteiger partial charge in [0.1, 0.15) is 5.75 Å². The molecule has 0 saturated heterocycles. The third kappa shape index (κ3) is 3.49. The maximum atomic E-state index is 10.9. The Bertz CT molecular complexity index is 409. The highest BCUT2D eigenvalue weighted by Gasteiger charge is 2.19. The lowest BCUT2D eigenvalue weighted by atomic mass is 10.2. The lowest BCUT2D eigenvalue weighted by Gasteiger charge is -2.09. The predicted molar refractivity (Wildman–Crippen MR) is 65.1 cm³/mol. The Morgan fingerprint density at radius 2 is 2.00 bits per heavy atom. The first-order valence-electron chi connectivity index (χ1n) is 5.33. The summed E-state index contributed by atoms with van der Waals surface area (Å²) in [5.74, 6) is 0.468. The van der Waals surface area contributed by atoms with Crippen molar-refractivity contribution in [2.75, 3.05) is 13.2 Å². The molecule has 0 aliphatic rings. The molecule has 94 valence electrons. The summed E-state index contributed by atoms with van der Waals surface area (Å²) in [6, 6.07) is 2.71. The van der Waals surface area contributed by atoms with Gasteiger partial charge < -0.3 is 9.47 Å². The molecule has 0 fully saturated rings. The van der Waals surface area contributed by atoms with Crippen LogP contribution in [0.15, 0.2) is 12.1 Å². The van der Waals surface area contributed by atoms with Gasteiger partial charge in [0, 0.05) is 6.07 Å². The van der Waals surface area contributed by atoms with Crippen LogP contribution in [0.1, 0.15) is 20.3 Å². The van der Waals surface area contributed by atoms with Crippen molar-refractivity contribution >= 4 is 17.3 Å². The average molecular weight is 260 g/mol. The maximum Gasteiger partial charge on any atom is 0.314 e. The van der Waals surface area contributed by atoms with Crippen molar-refractivity contribution in [1.29, 1.82) is 0 Å². The molecule has 0 atom stereocenters. The molecule has 1 rings (SSSR count). The van der Waals surface area contributed by atoms with Gasteiger partial charge in [-0.2, -0.15) is 0 Å². The lowest BCUT2D eigenvalue weighted by Crippen LogP contribution is -2.00. The molecule has 6 heteroatoms. The molecule has 0 spiro atoms. The van der Waals surface area contributed by atoms with Crippen molar-refractivity contribution in [1.82, 2.24) is 0 Å². The fourth-order valence-electron chi connectivity index (χ4n) is 1.26. The molecule has 0 N–H and O–H groups in total. The van der Waals surface area contributed by atoms with Crippen LogP contribution in [-0.2, 0) is 0 Å². The number of nitrogens with zero attached hydrogens (tertiary/aromatic N) is 1. The van der Waals surface area contributed by atoms with E-state index in [1.807, 2.05) is 6.92 Å². The number of halogens is 1. The van der Waals surface area contributed by atoms with Crippen LogP contribution >= 0.6 is 11.6 Å². The molecular formula is C11H14ClNO4. The number of hydrogen-bond acceptors (Lipinski definition) is 4. The fourth-order valence-corrected chi connectivity index (χ4v) is 1.47. The van der Waals surface area contributed by atoms with Gasteiger partial charge in [-0.15, -0.1) is 0 Å². The molecule has 0 saturated carbocycles. The van der Waals surface area contributed by atoms with Crippen LogP contribution in [0.3, 0.4) is 0 Å². The zero-order chi connectivity index (χ0) is 12.8. The van der Waals surface area contributed by atoms with Crippen molar-refractivity contribution in [2.24, 2.45) is 0 Å². The van der Waals surface area contributed by atoms with Crippen LogP contribution in [0.2, 0.25) is 5.02 Å². The Labute approximate surface area is 104 Å². The van der Waals surface area contributed by atoms with E-state index in [1.165, 1.54) is 12.1 Å². The van der Waals surface area contributed by atoms with Gasteiger partial charge in [-0.1, -0.05) is 18.5 Å². The molecule has 0 aliphatic carbocycles. The minimum Gasteiger partial charge on any atom is -0.492 e. The molecule has 0 heterocycles. The molecule has 1 aromatic rings. The van der Waals surface area contributed by atoms with E-state index in [1.54, 1.807) is 6.92 Å². The number of hydrogen-bond donors (Lipinski definition) is 0. The Morgan fingerprint density at radius 1 is 1.29 bits per heavy atom. The third-order valence-corrected chi connectivity index (χ3v) is 2.27. The highest BCUT2D eigenvalue weighted by atomic mass is 35.5. The molecule has 5 nitrogen and oxygen atoms in total. The number of rotatable bonds is 6. The first kappa shape index (κ1) is 13.6. The first-order chi connectivity index (χ1) is 8.10. The van der Waals surface area contributed by atoms with Gasteiger partial charge in [-0.25, -0.2) is 0 Å². The van der Waals surface area contributed by atoms with Gasteiger partial charge in [-0.05, 0) is 13.3 Å². The normalized spacial score (nSPS) is 10.1. The first-order valence-corrected chi connectivity index (χ1v) is 5.71. The van der Waals surface area contributed by atoms with Crippen LogP contribution in [0.25, 0.3) is 0 Å². The van der Waals surface area contributed by atoms with Gasteiger partial charge in [0.25, 0.3) is 0 Å². The summed E-state index contributed by atoms with van der Waals surface area (Å²) < 4.78 is 10.5. The van der Waals surface area contributed by atoms with E-state index in [0.29, 0.717) is 24.0 Å². The SMILES string of the molecule is CCCOc1cc([N+](=O)[O-])c(OCC)cc1Cl. The van der Waals surface area contributed by atoms with E-state index in [-0.39, 0.29) is 11.4 Å². The van der Waals surface area contributed by atoms with E-state index < -0.39 is 4.92 Å². The average Bonchev–Trinajstić information content (AvgIpc) is 2.28. The van der Waals surface area contributed by atoms with Gasteiger partial charge in [0.15, 0.2) is 5.75 Å². The summed E-state index contributed by atoms with van der Waals surface area (Å²) in [7, 11) is 0. The Morgan fingerprint density at radius 3 is 2.53 bits per heavy atom. The number of ether oxygens (including phenoxy) is 2. The summed E-state index contributed by atoms with van der Waals surface area (Å²) in [4.78, 5) is 10.3. The van der Waals surface area contributed by atoms with Crippen LogP contribution in [0.4, 0.5) is 5.69 Å². The van der Waals surface area contributed by atoms with Crippen LogP contribution in [-0.4, -0.2) is 18.1 Å². The Balaban J connectivity index is 3.10. The quantitative estimate of drug-likeness (QED) is 0.580.